The minimum absolute atomic E-state index is 0.108. The van der Waals surface area contributed by atoms with E-state index < -0.39 is 5.97 Å². The molecule has 0 aliphatic carbocycles. The topological polar surface area (TPSA) is 84.4 Å². The highest BCUT2D eigenvalue weighted by atomic mass is 16.5. The van der Waals surface area contributed by atoms with Crippen molar-refractivity contribution in [1.29, 1.82) is 0 Å². The van der Waals surface area contributed by atoms with Crippen LogP contribution in [0.25, 0.3) is 11.4 Å². The van der Waals surface area contributed by atoms with Gasteiger partial charge in [0, 0.05) is 17.3 Å². The van der Waals surface area contributed by atoms with Crippen molar-refractivity contribution in [3.05, 3.63) is 29.6 Å². The van der Waals surface area contributed by atoms with Gasteiger partial charge in [0.25, 0.3) is 0 Å². The van der Waals surface area contributed by atoms with Gasteiger partial charge in [0.1, 0.15) is 17.3 Å². The number of aryl methyl sites for hydroxylation is 1. The minimum Gasteiger partial charge on any atom is -0.497 e. The number of imidazole rings is 1. The number of rotatable bonds is 5. The molecular formula is C14H16N2O4. The molecule has 0 amide bonds. The number of carboxylic acids is 1. The van der Waals surface area contributed by atoms with E-state index in [4.69, 9.17) is 14.6 Å². The van der Waals surface area contributed by atoms with Gasteiger partial charge in [-0.25, -0.2) is 4.98 Å². The summed E-state index contributed by atoms with van der Waals surface area (Å²) < 4.78 is 10.4. The van der Waals surface area contributed by atoms with Crippen molar-refractivity contribution in [2.45, 2.75) is 13.3 Å². The SMILES string of the molecule is COc1cc(OC)cc(-c2nc(CC(=O)O)c(C)[nH]2)c1. The summed E-state index contributed by atoms with van der Waals surface area (Å²) >= 11 is 0. The molecule has 0 bridgehead atoms. The number of carbonyl (C=O) groups is 1. The van der Waals surface area contributed by atoms with E-state index in [1.807, 2.05) is 12.1 Å². The summed E-state index contributed by atoms with van der Waals surface area (Å²) in [5, 5.41) is 8.84. The van der Waals surface area contributed by atoms with E-state index in [-0.39, 0.29) is 6.42 Å². The average Bonchev–Trinajstić information content (AvgIpc) is 2.79. The summed E-state index contributed by atoms with van der Waals surface area (Å²) in [5.41, 5.74) is 2.04. The van der Waals surface area contributed by atoms with Crippen molar-refractivity contribution >= 4 is 5.97 Å². The fourth-order valence-electron chi connectivity index (χ4n) is 1.89. The van der Waals surface area contributed by atoms with Gasteiger partial charge in [-0.05, 0) is 19.1 Å². The lowest BCUT2D eigenvalue weighted by atomic mass is 10.2. The Kier molecular flexibility index (Phi) is 3.93. The second-order valence-electron chi connectivity index (χ2n) is 4.33. The molecule has 0 radical (unpaired) electrons. The molecule has 0 spiro atoms. The monoisotopic (exact) mass is 276 g/mol. The summed E-state index contributed by atoms with van der Waals surface area (Å²) in [4.78, 5) is 18.2. The van der Waals surface area contributed by atoms with E-state index in [1.165, 1.54) is 0 Å². The van der Waals surface area contributed by atoms with Crippen LogP contribution in [-0.4, -0.2) is 35.3 Å². The van der Waals surface area contributed by atoms with Crippen LogP contribution in [0.2, 0.25) is 0 Å². The predicted octanol–water partition coefficient (Wildman–Crippen LogP) is 2.03. The molecule has 0 fully saturated rings. The quantitative estimate of drug-likeness (QED) is 0.872. The van der Waals surface area contributed by atoms with E-state index in [2.05, 4.69) is 9.97 Å². The molecule has 20 heavy (non-hydrogen) atoms. The molecular weight excluding hydrogens is 260 g/mol. The van der Waals surface area contributed by atoms with E-state index in [1.54, 1.807) is 27.2 Å². The molecule has 1 heterocycles. The van der Waals surface area contributed by atoms with Gasteiger partial charge in [-0.1, -0.05) is 0 Å². The molecule has 0 aliphatic rings. The fraction of sp³-hybridized carbons (Fsp3) is 0.286. The number of hydrogen-bond donors (Lipinski definition) is 2. The Labute approximate surface area is 116 Å². The molecule has 1 aromatic carbocycles. The second-order valence-corrected chi connectivity index (χ2v) is 4.33. The van der Waals surface area contributed by atoms with Gasteiger partial charge in [0.15, 0.2) is 0 Å². The average molecular weight is 276 g/mol. The molecule has 2 rings (SSSR count). The molecule has 2 aromatic rings. The summed E-state index contributed by atoms with van der Waals surface area (Å²) in [6, 6.07) is 5.38. The van der Waals surface area contributed by atoms with Crippen LogP contribution in [0.5, 0.6) is 11.5 Å². The minimum atomic E-state index is -0.908. The number of methoxy groups -OCH3 is 2. The van der Waals surface area contributed by atoms with Crippen molar-refractivity contribution in [3.63, 3.8) is 0 Å². The van der Waals surface area contributed by atoms with Crippen LogP contribution in [-0.2, 0) is 11.2 Å². The number of benzene rings is 1. The van der Waals surface area contributed by atoms with Gasteiger partial charge in [0.2, 0.25) is 0 Å². The zero-order chi connectivity index (χ0) is 14.7. The van der Waals surface area contributed by atoms with Crippen LogP contribution >= 0.6 is 0 Å². The standard InChI is InChI=1S/C14H16N2O4/c1-8-12(7-13(17)18)16-14(15-8)9-4-10(19-2)6-11(5-9)20-3/h4-6H,7H2,1-3H3,(H,15,16)(H,17,18). The number of nitrogens with zero attached hydrogens (tertiary/aromatic N) is 1. The third-order valence-electron chi connectivity index (χ3n) is 2.93. The molecule has 0 saturated heterocycles. The lowest BCUT2D eigenvalue weighted by Gasteiger charge is -2.06. The first-order valence-corrected chi connectivity index (χ1v) is 6.04. The van der Waals surface area contributed by atoms with Crippen molar-refractivity contribution < 1.29 is 19.4 Å². The van der Waals surface area contributed by atoms with Crippen LogP contribution < -0.4 is 9.47 Å². The summed E-state index contributed by atoms with van der Waals surface area (Å²) in [6.45, 7) is 1.80. The van der Waals surface area contributed by atoms with Crippen LogP contribution in [0.15, 0.2) is 18.2 Å². The Morgan fingerprint density at radius 1 is 1.25 bits per heavy atom. The molecule has 6 heteroatoms. The van der Waals surface area contributed by atoms with Gasteiger partial charge in [-0.15, -0.1) is 0 Å². The predicted molar refractivity (Wildman–Crippen MR) is 73.2 cm³/mol. The van der Waals surface area contributed by atoms with Gasteiger partial charge < -0.3 is 19.6 Å². The number of H-pyrrole nitrogens is 1. The number of aromatic nitrogens is 2. The maximum absolute atomic E-state index is 10.8. The Balaban J connectivity index is 2.43. The fourth-order valence-corrected chi connectivity index (χ4v) is 1.89. The molecule has 0 unspecified atom stereocenters. The number of nitrogens with one attached hydrogen (secondary N) is 1. The van der Waals surface area contributed by atoms with Gasteiger partial charge in [-0.2, -0.15) is 0 Å². The Bertz CT molecular complexity index is 612. The molecule has 6 nitrogen and oxygen atoms in total. The van der Waals surface area contributed by atoms with E-state index in [0.29, 0.717) is 23.0 Å². The van der Waals surface area contributed by atoms with Crippen LogP contribution in [0.1, 0.15) is 11.4 Å². The highest BCUT2D eigenvalue weighted by molar-refractivity contribution is 5.70. The van der Waals surface area contributed by atoms with Crippen molar-refractivity contribution in [2.24, 2.45) is 0 Å². The first-order valence-electron chi connectivity index (χ1n) is 6.04. The lowest BCUT2D eigenvalue weighted by molar-refractivity contribution is -0.136. The maximum atomic E-state index is 10.8. The first kappa shape index (κ1) is 13.9. The van der Waals surface area contributed by atoms with E-state index in [0.717, 1.165) is 11.3 Å². The smallest absolute Gasteiger partial charge is 0.309 e. The van der Waals surface area contributed by atoms with Crippen molar-refractivity contribution in [3.8, 4) is 22.9 Å². The number of aliphatic carboxylic acids is 1. The molecule has 0 atom stereocenters. The van der Waals surface area contributed by atoms with Crippen molar-refractivity contribution in [1.82, 2.24) is 9.97 Å². The van der Waals surface area contributed by atoms with E-state index >= 15 is 0 Å². The highest BCUT2D eigenvalue weighted by Gasteiger charge is 2.13. The summed E-state index contributed by atoms with van der Waals surface area (Å²) in [7, 11) is 3.14. The lowest BCUT2D eigenvalue weighted by Crippen LogP contribution is -2.01. The van der Waals surface area contributed by atoms with Gasteiger partial charge >= 0.3 is 5.97 Å². The molecule has 106 valence electrons. The van der Waals surface area contributed by atoms with Crippen LogP contribution in [0.4, 0.5) is 0 Å². The molecule has 1 aromatic heterocycles. The van der Waals surface area contributed by atoms with Crippen molar-refractivity contribution in [2.75, 3.05) is 14.2 Å². The zero-order valence-corrected chi connectivity index (χ0v) is 11.6. The number of carboxylic acid groups (broad SMARTS) is 1. The van der Waals surface area contributed by atoms with Crippen LogP contribution in [0, 0.1) is 6.92 Å². The molecule has 0 aliphatic heterocycles. The second kappa shape index (κ2) is 5.64. The molecule has 2 N–H and O–H groups in total. The summed E-state index contributed by atoms with van der Waals surface area (Å²) in [5.74, 6) is 0.978. The van der Waals surface area contributed by atoms with E-state index in [9.17, 15) is 4.79 Å². The van der Waals surface area contributed by atoms with Gasteiger partial charge in [-0.3, -0.25) is 4.79 Å². The third kappa shape index (κ3) is 2.90. The molecule has 0 saturated carbocycles. The maximum Gasteiger partial charge on any atom is 0.309 e. The number of aromatic amines is 1. The third-order valence-corrected chi connectivity index (χ3v) is 2.93. The number of ether oxygens (including phenoxy) is 2. The normalized spacial score (nSPS) is 10.3. The Hall–Kier alpha value is -2.50. The van der Waals surface area contributed by atoms with Crippen LogP contribution in [0.3, 0.4) is 0 Å². The largest absolute Gasteiger partial charge is 0.497 e. The number of hydrogen-bond acceptors (Lipinski definition) is 4. The summed E-state index contributed by atoms with van der Waals surface area (Å²) in [6.07, 6.45) is -0.108. The first-order chi connectivity index (χ1) is 9.53. The zero-order valence-electron chi connectivity index (χ0n) is 11.6. The Morgan fingerprint density at radius 3 is 2.35 bits per heavy atom. The highest BCUT2D eigenvalue weighted by Crippen LogP contribution is 2.28. The Morgan fingerprint density at radius 2 is 1.85 bits per heavy atom. The van der Waals surface area contributed by atoms with Gasteiger partial charge in [0.05, 0.1) is 26.3 Å².